The van der Waals surface area contributed by atoms with E-state index in [1.54, 1.807) is 24.3 Å². The van der Waals surface area contributed by atoms with Gasteiger partial charge in [-0.1, -0.05) is 56.8 Å². The number of Topliss-reactive ketones (excluding diaryl/α,β-unsaturated/α-hetero) is 1. The van der Waals surface area contributed by atoms with Crippen molar-refractivity contribution >= 4 is 29.1 Å². The first-order valence-electron chi connectivity index (χ1n) is 11.0. The van der Waals surface area contributed by atoms with Crippen LogP contribution in [0.2, 0.25) is 0 Å². The molecule has 174 valence electrons. The molecule has 3 aromatic rings. The van der Waals surface area contributed by atoms with Gasteiger partial charge in [0.15, 0.2) is 16.8 Å². The van der Waals surface area contributed by atoms with Gasteiger partial charge < -0.3 is 14.6 Å². The normalized spacial score (nSPS) is 10.9. The summed E-state index contributed by atoms with van der Waals surface area (Å²) in [4.78, 5) is 24.0. The highest BCUT2D eigenvalue weighted by atomic mass is 32.2. The number of nitrogens with zero attached hydrogens (tertiary/aromatic N) is 3. The van der Waals surface area contributed by atoms with E-state index >= 15 is 0 Å². The Labute approximate surface area is 198 Å². The Hall–Kier alpha value is -3.13. The van der Waals surface area contributed by atoms with Gasteiger partial charge in [0, 0.05) is 17.8 Å². The molecule has 1 N–H and O–H groups in total. The number of thioether (sulfide) groups is 1. The van der Waals surface area contributed by atoms with Crippen molar-refractivity contribution in [3.8, 4) is 5.75 Å². The van der Waals surface area contributed by atoms with Gasteiger partial charge in [-0.2, -0.15) is 0 Å². The molecule has 0 bridgehead atoms. The van der Waals surface area contributed by atoms with Crippen LogP contribution in [0.4, 0.5) is 5.69 Å². The Kier molecular flexibility index (Phi) is 8.65. The molecular formula is C25H30N4O3S. The van der Waals surface area contributed by atoms with Gasteiger partial charge in [0.25, 0.3) is 0 Å². The fraction of sp³-hybridized carbons (Fsp3) is 0.360. The summed E-state index contributed by atoms with van der Waals surface area (Å²) in [6, 6.07) is 14.9. The minimum absolute atomic E-state index is 0.0432. The van der Waals surface area contributed by atoms with Gasteiger partial charge in [-0.25, -0.2) is 0 Å². The number of hydrogen-bond donors (Lipinski definition) is 1. The van der Waals surface area contributed by atoms with Crippen LogP contribution in [0.5, 0.6) is 5.75 Å². The van der Waals surface area contributed by atoms with Crippen molar-refractivity contribution in [2.24, 2.45) is 5.92 Å². The first-order chi connectivity index (χ1) is 15.9. The summed E-state index contributed by atoms with van der Waals surface area (Å²) in [5, 5.41) is 12.1. The van der Waals surface area contributed by atoms with Crippen LogP contribution in [-0.4, -0.2) is 32.2 Å². The number of ketones is 1. The van der Waals surface area contributed by atoms with Gasteiger partial charge in [-0.05, 0) is 49.1 Å². The maximum atomic E-state index is 12.5. The van der Waals surface area contributed by atoms with Gasteiger partial charge >= 0.3 is 0 Å². The van der Waals surface area contributed by atoms with Gasteiger partial charge in [0.1, 0.15) is 12.4 Å². The smallest absolute Gasteiger partial charge is 0.234 e. The maximum Gasteiger partial charge on any atom is 0.234 e. The predicted octanol–water partition coefficient (Wildman–Crippen LogP) is 5.01. The number of rotatable bonds is 11. The van der Waals surface area contributed by atoms with Crippen molar-refractivity contribution in [3.05, 3.63) is 65.5 Å². The summed E-state index contributed by atoms with van der Waals surface area (Å²) in [6.07, 6.45) is 0.985. The van der Waals surface area contributed by atoms with Crippen LogP contribution in [0.25, 0.3) is 0 Å². The quantitative estimate of drug-likeness (QED) is 0.316. The molecule has 0 unspecified atom stereocenters. The molecule has 0 atom stereocenters. The molecule has 7 nitrogen and oxygen atoms in total. The topological polar surface area (TPSA) is 86.1 Å². The van der Waals surface area contributed by atoms with Crippen LogP contribution < -0.4 is 10.1 Å². The molecule has 0 aliphatic carbocycles. The first kappa shape index (κ1) is 24.5. The number of hydrogen-bond acceptors (Lipinski definition) is 6. The van der Waals surface area contributed by atoms with Gasteiger partial charge in [-0.3, -0.25) is 9.59 Å². The summed E-state index contributed by atoms with van der Waals surface area (Å²) >= 11 is 1.33. The minimum Gasteiger partial charge on any atom is -0.486 e. The molecule has 2 aromatic carbocycles. The highest BCUT2D eigenvalue weighted by Crippen LogP contribution is 2.21. The lowest BCUT2D eigenvalue weighted by Crippen LogP contribution is -2.16. The van der Waals surface area contributed by atoms with Gasteiger partial charge in [0.05, 0.1) is 5.75 Å². The Balaban J connectivity index is 1.63. The number of carbonyl (C=O) groups excluding carboxylic acids is 2. The van der Waals surface area contributed by atoms with E-state index in [2.05, 4.69) is 48.4 Å². The lowest BCUT2D eigenvalue weighted by molar-refractivity contribution is -0.113. The number of benzene rings is 2. The number of carbonyl (C=O) groups is 2. The average molecular weight is 467 g/mol. The molecule has 3 rings (SSSR count). The van der Waals surface area contributed by atoms with E-state index in [0.29, 0.717) is 28.9 Å². The molecule has 1 aromatic heterocycles. The van der Waals surface area contributed by atoms with Crippen LogP contribution in [0.15, 0.2) is 53.7 Å². The van der Waals surface area contributed by atoms with Crippen LogP contribution >= 0.6 is 11.8 Å². The fourth-order valence-electron chi connectivity index (χ4n) is 3.19. The summed E-state index contributed by atoms with van der Waals surface area (Å²) in [7, 11) is 0. The second kappa shape index (κ2) is 11.7. The number of aromatic nitrogens is 3. The Bertz CT molecular complexity index is 1090. The third kappa shape index (κ3) is 7.18. The predicted molar refractivity (Wildman–Crippen MR) is 131 cm³/mol. The molecule has 1 heterocycles. The monoisotopic (exact) mass is 466 g/mol. The lowest BCUT2D eigenvalue weighted by atomic mass is 10.1. The van der Waals surface area contributed by atoms with Crippen molar-refractivity contribution < 1.29 is 14.3 Å². The van der Waals surface area contributed by atoms with E-state index in [1.807, 2.05) is 16.7 Å². The van der Waals surface area contributed by atoms with E-state index in [9.17, 15) is 9.59 Å². The van der Waals surface area contributed by atoms with E-state index < -0.39 is 0 Å². The summed E-state index contributed by atoms with van der Waals surface area (Å²) in [5.41, 5.74) is 2.42. The molecule has 0 fully saturated rings. The Morgan fingerprint density at radius 1 is 1.12 bits per heavy atom. The highest BCUT2D eigenvalue weighted by molar-refractivity contribution is 7.99. The van der Waals surface area contributed by atoms with Crippen molar-refractivity contribution in [2.75, 3.05) is 11.1 Å². The molecule has 1 amide bonds. The number of nitrogens with one attached hydrogen (secondary N) is 1. The average Bonchev–Trinajstić information content (AvgIpc) is 3.17. The standard InChI is InChI=1S/C25H30N4O3S/c1-5-19-9-11-22(12-10-19)32-15-23-27-28-25(29(23)14-17(2)3)33-16-24(31)26-21-8-6-7-20(13-21)18(4)30/h6-13,17H,5,14-16H2,1-4H3,(H,26,31). The lowest BCUT2D eigenvalue weighted by Gasteiger charge is -2.13. The number of anilines is 1. The van der Waals surface area contributed by atoms with E-state index in [-0.39, 0.29) is 17.4 Å². The van der Waals surface area contributed by atoms with Crippen molar-refractivity contribution in [3.63, 3.8) is 0 Å². The fourth-order valence-corrected chi connectivity index (χ4v) is 3.96. The van der Waals surface area contributed by atoms with Crippen molar-refractivity contribution in [1.29, 1.82) is 0 Å². The number of amides is 1. The minimum atomic E-state index is -0.173. The second-order valence-electron chi connectivity index (χ2n) is 8.16. The SMILES string of the molecule is CCc1ccc(OCc2nnc(SCC(=O)Nc3cccc(C(C)=O)c3)n2CC(C)C)cc1. The molecule has 0 aliphatic rings. The number of aryl methyl sites for hydroxylation is 1. The van der Waals surface area contributed by atoms with Crippen LogP contribution in [-0.2, 0) is 24.4 Å². The van der Waals surface area contributed by atoms with E-state index in [4.69, 9.17) is 4.74 Å². The zero-order valence-corrected chi connectivity index (χ0v) is 20.3. The summed E-state index contributed by atoms with van der Waals surface area (Å²) in [5.74, 6) is 1.85. The highest BCUT2D eigenvalue weighted by Gasteiger charge is 2.16. The molecule has 0 saturated heterocycles. The molecule has 0 spiro atoms. The largest absolute Gasteiger partial charge is 0.486 e. The first-order valence-corrected chi connectivity index (χ1v) is 12.0. The maximum absolute atomic E-state index is 12.5. The third-order valence-electron chi connectivity index (χ3n) is 4.93. The molecule has 0 radical (unpaired) electrons. The molecule has 0 saturated carbocycles. The van der Waals surface area contributed by atoms with Crippen LogP contribution in [0.3, 0.4) is 0 Å². The van der Waals surface area contributed by atoms with Gasteiger partial charge in [-0.15, -0.1) is 10.2 Å². The Morgan fingerprint density at radius 2 is 1.88 bits per heavy atom. The van der Waals surface area contributed by atoms with Gasteiger partial charge in [0.2, 0.25) is 5.91 Å². The number of ether oxygens (including phenoxy) is 1. The zero-order valence-electron chi connectivity index (χ0n) is 19.5. The van der Waals surface area contributed by atoms with E-state index in [0.717, 1.165) is 24.5 Å². The second-order valence-corrected chi connectivity index (χ2v) is 9.11. The molecule has 0 aliphatic heterocycles. The molecular weight excluding hydrogens is 436 g/mol. The van der Waals surface area contributed by atoms with Crippen LogP contribution in [0.1, 0.15) is 49.4 Å². The summed E-state index contributed by atoms with van der Waals surface area (Å²) < 4.78 is 7.94. The third-order valence-corrected chi connectivity index (χ3v) is 5.89. The van der Waals surface area contributed by atoms with E-state index in [1.165, 1.54) is 24.2 Å². The molecule has 8 heteroatoms. The molecule has 33 heavy (non-hydrogen) atoms. The zero-order chi connectivity index (χ0) is 23.8. The van der Waals surface area contributed by atoms with Crippen LogP contribution in [0, 0.1) is 5.92 Å². The Morgan fingerprint density at radius 3 is 2.55 bits per heavy atom. The van der Waals surface area contributed by atoms with Crippen molar-refractivity contribution in [2.45, 2.75) is 52.4 Å². The summed E-state index contributed by atoms with van der Waals surface area (Å²) in [6.45, 7) is 8.89. The van der Waals surface area contributed by atoms with Crippen molar-refractivity contribution in [1.82, 2.24) is 14.8 Å².